The van der Waals surface area contributed by atoms with Crippen LogP contribution in [0.25, 0.3) is 0 Å². The van der Waals surface area contributed by atoms with Gasteiger partial charge in [0.1, 0.15) is 24.1 Å². The summed E-state index contributed by atoms with van der Waals surface area (Å²) in [7, 11) is -3.47. The number of fused-ring (bicyclic) bond motifs is 2. The second kappa shape index (κ2) is 7.61. The topological polar surface area (TPSA) is 102 Å². The van der Waals surface area contributed by atoms with Crippen LogP contribution in [0.4, 0.5) is 15.9 Å². The van der Waals surface area contributed by atoms with Crippen molar-refractivity contribution in [2.24, 2.45) is 0 Å². The Morgan fingerprint density at radius 2 is 1.96 bits per heavy atom. The summed E-state index contributed by atoms with van der Waals surface area (Å²) in [6, 6.07) is 5.83. The van der Waals surface area contributed by atoms with Crippen LogP contribution in [0.3, 0.4) is 0 Å². The van der Waals surface area contributed by atoms with Gasteiger partial charge in [-0.05, 0) is 18.2 Å². The summed E-state index contributed by atoms with van der Waals surface area (Å²) < 4.78 is 48.8. The van der Waals surface area contributed by atoms with Crippen molar-refractivity contribution >= 4 is 21.3 Å². The zero-order valence-corrected chi connectivity index (χ0v) is 16.1. The SMILES string of the molecule is CS(=O)(=O)c1ccc(Nc2cc(OC3CC4COCC(C3)N4)ncn2)c(F)c1. The molecule has 2 atom stereocenters. The molecule has 4 rings (SSSR count). The molecule has 28 heavy (non-hydrogen) atoms. The first-order valence-corrected chi connectivity index (χ1v) is 10.8. The van der Waals surface area contributed by atoms with E-state index in [1.54, 1.807) is 6.07 Å². The molecule has 8 nitrogen and oxygen atoms in total. The molecule has 2 fully saturated rings. The second-order valence-corrected chi connectivity index (χ2v) is 9.11. The van der Waals surface area contributed by atoms with Gasteiger partial charge in [0.05, 0.1) is 23.8 Å². The average Bonchev–Trinajstić information content (AvgIpc) is 2.62. The molecule has 0 radical (unpaired) electrons. The van der Waals surface area contributed by atoms with Crippen molar-refractivity contribution < 1.29 is 22.3 Å². The average molecular weight is 408 g/mol. The number of nitrogens with zero attached hydrogens (tertiary/aromatic N) is 2. The molecule has 2 aliphatic rings. The summed E-state index contributed by atoms with van der Waals surface area (Å²) in [6.45, 7) is 1.35. The molecule has 10 heteroatoms. The molecule has 150 valence electrons. The molecule has 2 aliphatic heterocycles. The number of nitrogens with one attached hydrogen (secondary N) is 2. The molecule has 0 amide bonds. The zero-order chi connectivity index (χ0) is 19.7. The Morgan fingerprint density at radius 1 is 1.21 bits per heavy atom. The third kappa shape index (κ3) is 4.40. The van der Waals surface area contributed by atoms with Crippen LogP contribution >= 0.6 is 0 Å². The molecule has 2 saturated heterocycles. The van der Waals surface area contributed by atoms with Gasteiger partial charge in [0.25, 0.3) is 0 Å². The van der Waals surface area contributed by atoms with Crippen LogP contribution in [0.5, 0.6) is 5.88 Å². The van der Waals surface area contributed by atoms with Crippen molar-refractivity contribution in [2.45, 2.75) is 35.9 Å². The summed E-state index contributed by atoms with van der Waals surface area (Å²) in [5, 5.41) is 6.33. The minimum atomic E-state index is -3.47. The van der Waals surface area contributed by atoms with Crippen LogP contribution in [0.15, 0.2) is 35.5 Å². The quantitative estimate of drug-likeness (QED) is 0.770. The lowest BCUT2D eigenvalue weighted by Crippen LogP contribution is -2.56. The number of aromatic nitrogens is 2. The van der Waals surface area contributed by atoms with Gasteiger partial charge in [-0.1, -0.05) is 0 Å². The van der Waals surface area contributed by atoms with Crippen LogP contribution < -0.4 is 15.4 Å². The standard InChI is InChI=1S/C18H21FN4O4S/c1-28(24,25)14-2-3-16(15(19)6-14)23-17-7-18(21-10-20-17)27-13-4-11-8-26-9-12(5-13)22-11/h2-3,6-7,10-13,22H,4-5,8-9H2,1H3,(H,20,21,23). The molecule has 2 aromatic rings. The van der Waals surface area contributed by atoms with E-state index in [1.807, 2.05) is 0 Å². The fraction of sp³-hybridized carbons (Fsp3) is 0.444. The highest BCUT2D eigenvalue weighted by Gasteiger charge is 2.33. The predicted molar refractivity (Wildman–Crippen MR) is 100 cm³/mol. The minimum Gasteiger partial charge on any atom is -0.474 e. The Labute approximate surface area is 162 Å². The Kier molecular flexibility index (Phi) is 5.17. The molecule has 0 aliphatic carbocycles. The number of rotatable bonds is 5. The first-order valence-electron chi connectivity index (χ1n) is 8.96. The third-order valence-corrected chi connectivity index (χ3v) is 5.88. The number of piperidine rings is 1. The van der Waals surface area contributed by atoms with Crippen LogP contribution in [-0.4, -0.2) is 56.0 Å². The van der Waals surface area contributed by atoms with Gasteiger partial charge >= 0.3 is 0 Å². The van der Waals surface area contributed by atoms with E-state index < -0.39 is 15.7 Å². The Hall–Kier alpha value is -2.30. The Morgan fingerprint density at radius 3 is 2.64 bits per heavy atom. The monoisotopic (exact) mass is 408 g/mol. The number of sulfone groups is 1. The maximum absolute atomic E-state index is 14.3. The highest BCUT2D eigenvalue weighted by atomic mass is 32.2. The number of benzene rings is 1. The van der Waals surface area contributed by atoms with Gasteiger partial charge in [-0.25, -0.2) is 22.8 Å². The van der Waals surface area contributed by atoms with Crippen molar-refractivity contribution in [1.82, 2.24) is 15.3 Å². The minimum absolute atomic E-state index is 0.0219. The van der Waals surface area contributed by atoms with Gasteiger partial charge in [-0.3, -0.25) is 0 Å². The van der Waals surface area contributed by atoms with Gasteiger partial charge in [0.15, 0.2) is 9.84 Å². The van der Waals surface area contributed by atoms with E-state index in [0.29, 0.717) is 24.9 Å². The summed E-state index contributed by atoms with van der Waals surface area (Å²) >= 11 is 0. The maximum atomic E-state index is 14.3. The van der Waals surface area contributed by atoms with Crippen molar-refractivity contribution in [3.8, 4) is 5.88 Å². The zero-order valence-electron chi connectivity index (χ0n) is 15.3. The highest BCUT2D eigenvalue weighted by molar-refractivity contribution is 7.90. The summed E-state index contributed by atoms with van der Waals surface area (Å²) in [6.07, 6.45) is 4.04. The van der Waals surface area contributed by atoms with Crippen LogP contribution in [0.1, 0.15) is 12.8 Å². The molecule has 0 saturated carbocycles. The fourth-order valence-electron chi connectivity index (χ4n) is 3.49. The van der Waals surface area contributed by atoms with Gasteiger partial charge in [0.2, 0.25) is 5.88 Å². The van der Waals surface area contributed by atoms with Crippen molar-refractivity contribution in [2.75, 3.05) is 24.8 Å². The molecular weight excluding hydrogens is 387 g/mol. The maximum Gasteiger partial charge on any atom is 0.218 e. The van der Waals surface area contributed by atoms with Crippen molar-refractivity contribution in [3.63, 3.8) is 0 Å². The van der Waals surface area contributed by atoms with E-state index >= 15 is 0 Å². The van der Waals surface area contributed by atoms with E-state index in [9.17, 15) is 12.8 Å². The Balaban J connectivity index is 1.45. The van der Waals surface area contributed by atoms with Crippen LogP contribution in [0, 0.1) is 5.82 Å². The summed E-state index contributed by atoms with van der Waals surface area (Å²) in [5.74, 6) is 0.0696. The summed E-state index contributed by atoms with van der Waals surface area (Å²) in [5.41, 5.74) is 0.116. The summed E-state index contributed by atoms with van der Waals surface area (Å²) in [4.78, 5) is 8.14. The van der Waals surface area contributed by atoms with E-state index in [-0.39, 0.29) is 28.8 Å². The van der Waals surface area contributed by atoms with E-state index in [2.05, 4.69) is 20.6 Å². The number of ether oxygens (including phenoxy) is 2. The molecule has 2 N–H and O–H groups in total. The lowest BCUT2D eigenvalue weighted by molar-refractivity contribution is -0.0132. The fourth-order valence-corrected chi connectivity index (χ4v) is 4.12. The number of morpholine rings is 1. The molecule has 1 aromatic carbocycles. The van der Waals surface area contributed by atoms with E-state index in [1.165, 1.54) is 18.5 Å². The first-order chi connectivity index (χ1) is 13.4. The van der Waals surface area contributed by atoms with Gasteiger partial charge in [-0.15, -0.1) is 0 Å². The van der Waals surface area contributed by atoms with Crippen LogP contribution in [-0.2, 0) is 14.6 Å². The predicted octanol–water partition coefficient (Wildman–Crippen LogP) is 1.66. The van der Waals surface area contributed by atoms with Crippen LogP contribution in [0.2, 0.25) is 0 Å². The molecule has 0 spiro atoms. The van der Waals surface area contributed by atoms with Gasteiger partial charge in [0, 0.05) is 37.2 Å². The smallest absolute Gasteiger partial charge is 0.218 e. The van der Waals surface area contributed by atoms with Crippen molar-refractivity contribution in [1.29, 1.82) is 0 Å². The second-order valence-electron chi connectivity index (χ2n) is 7.09. The van der Waals surface area contributed by atoms with Gasteiger partial charge in [-0.2, -0.15) is 0 Å². The molecular formula is C18H21FN4O4S. The normalized spacial score (nSPS) is 24.6. The largest absolute Gasteiger partial charge is 0.474 e. The van der Waals surface area contributed by atoms with E-state index in [4.69, 9.17) is 9.47 Å². The third-order valence-electron chi connectivity index (χ3n) is 4.77. The Bertz CT molecular complexity index is 960. The first kappa shape index (κ1) is 19.0. The highest BCUT2D eigenvalue weighted by Crippen LogP contribution is 2.26. The van der Waals surface area contributed by atoms with Crippen molar-refractivity contribution in [3.05, 3.63) is 36.4 Å². The lowest BCUT2D eigenvalue weighted by atomic mass is 9.95. The molecule has 2 unspecified atom stereocenters. The molecule has 1 aromatic heterocycles. The van der Waals surface area contributed by atoms with Gasteiger partial charge < -0.3 is 20.1 Å². The number of anilines is 2. The number of halogens is 1. The van der Waals surface area contributed by atoms with E-state index in [0.717, 1.165) is 25.2 Å². The molecule has 3 heterocycles. The number of hydrogen-bond acceptors (Lipinski definition) is 8. The number of hydrogen-bond donors (Lipinski definition) is 2. The lowest BCUT2D eigenvalue weighted by Gasteiger charge is -2.39. The molecule has 2 bridgehead atoms.